The summed E-state index contributed by atoms with van der Waals surface area (Å²) in [5.74, 6) is 0.455. The first kappa shape index (κ1) is 16.1. The van der Waals surface area contributed by atoms with Crippen LogP contribution >= 0.6 is 0 Å². The average Bonchev–Trinajstić information content (AvgIpc) is 3.05. The molecule has 6 nitrogen and oxygen atoms in total. The van der Waals surface area contributed by atoms with Crippen molar-refractivity contribution in [3.63, 3.8) is 0 Å². The Morgan fingerprint density at radius 1 is 1.29 bits per heavy atom. The highest BCUT2D eigenvalue weighted by Gasteiger charge is 2.27. The van der Waals surface area contributed by atoms with Gasteiger partial charge >= 0.3 is 6.61 Å². The minimum absolute atomic E-state index is 0.00827. The third-order valence-electron chi connectivity index (χ3n) is 3.67. The van der Waals surface area contributed by atoms with Crippen LogP contribution in [0.3, 0.4) is 0 Å². The third-order valence-corrected chi connectivity index (χ3v) is 3.67. The Labute approximate surface area is 137 Å². The van der Waals surface area contributed by atoms with Gasteiger partial charge in [-0.1, -0.05) is 6.07 Å². The molecule has 24 heavy (non-hydrogen) atoms. The maximum absolute atomic E-state index is 12.3. The summed E-state index contributed by atoms with van der Waals surface area (Å²) in [5.41, 5.74) is 0.421. The zero-order chi connectivity index (χ0) is 16.9. The molecule has 126 valence electrons. The zero-order valence-electron chi connectivity index (χ0n) is 12.7. The van der Waals surface area contributed by atoms with Crippen molar-refractivity contribution >= 4 is 11.7 Å². The molecule has 1 aliphatic rings. The monoisotopic (exact) mass is 334 g/mol. The van der Waals surface area contributed by atoms with E-state index in [0.717, 1.165) is 6.42 Å². The summed E-state index contributed by atoms with van der Waals surface area (Å²) in [6.45, 7) is -1.71. The second-order valence-electron chi connectivity index (χ2n) is 5.35. The van der Waals surface area contributed by atoms with Gasteiger partial charge in [-0.3, -0.25) is 9.78 Å². The molecule has 1 N–H and O–H groups in total. The Balaban J connectivity index is 1.55. The first-order valence-corrected chi connectivity index (χ1v) is 7.49. The lowest BCUT2D eigenvalue weighted by molar-refractivity contribution is -0.0500. The van der Waals surface area contributed by atoms with E-state index in [1.807, 2.05) is 0 Å². The van der Waals surface area contributed by atoms with E-state index in [1.54, 1.807) is 35.4 Å². The van der Waals surface area contributed by atoms with Gasteiger partial charge in [0.1, 0.15) is 17.3 Å². The lowest BCUT2D eigenvalue weighted by atomic mass is 10.2. The molecule has 0 bridgehead atoms. The molecule has 2 aromatic rings. The van der Waals surface area contributed by atoms with Crippen molar-refractivity contribution in [3.8, 4) is 5.75 Å². The van der Waals surface area contributed by atoms with E-state index in [4.69, 9.17) is 0 Å². The highest BCUT2D eigenvalue weighted by atomic mass is 19.3. The van der Waals surface area contributed by atoms with Crippen molar-refractivity contribution < 1.29 is 18.3 Å². The summed E-state index contributed by atoms with van der Waals surface area (Å²) in [6.07, 6.45) is 3.60. The van der Waals surface area contributed by atoms with Gasteiger partial charge in [0, 0.05) is 25.3 Å². The number of alkyl halides is 2. The lowest BCUT2D eigenvalue weighted by Gasteiger charge is -2.17. The van der Waals surface area contributed by atoms with Gasteiger partial charge in [-0.2, -0.15) is 8.78 Å². The van der Waals surface area contributed by atoms with Crippen LogP contribution in [0.25, 0.3) is 0 Å². The fourth-order valence-electron chi connectivity index (χ4n) is 2.56. The maximum atomic E-state index is 12.3. The van der Waals surface area contributed by atoms with Crippen LogP contribution in [0.15, 0.2) is 42.7 Å². The predicted octanol–water partition coefficient (Wildman–Crippen LogP) is 2.40. The molecule has 0 aliphatic carbocycles. The number of nitrogens with one attached hydrogen (secondary N) is 1. The number of hydrogen-bond acceptors (Lipinski definition) is 5. The van der Waals surface area contributed by atoms with Gasteiger partial charge in [-0.15, -0.1) is 0 Å². The smallest absolute Gasteiger partial charge is 0.387 e. The lowest BCUT2D eigenvalue weighted by Crippen LogP contribution is -2.32. The van der Waals surface area contributed by atoms with Crippen LogP contribution in [0.1, 0.15) is 16.9 Å². The Morgan fingerprint density at radius 3 is 2.83 bits per heavy atom. The second-order valence-corrected chi connectivity index (χ2v) is 5.35. The van der Waals surface area contributed by atoms with E-state index in [-0.39, 0.29) is 17.7 Å². The van der Waals surface area contributed by atoms with E-state index in [0.29, 0.717) is 24.6 Å². The predicted molar refractivity (Wildman–Crippen MR) is 83.0 cm³/mol. The molecule has 2 aromatic heterocycles. The van der Waals surface area contributed by atoms with Gasteiger partial charge < -0.3 is 15.0 Å². The Kier molecular flexibility index (Phi) is 4.83. The van der Waals surface area contributed by atoms with Gasteiger partial charge in [-0.25, -0.2) is 4.98 Å². The van der Waals surface area contributed by atoms with Crippen molar-refractivity contribution in [2.45, 2.75) is 19.1 Å². The molecule has 0 saturated carbocycles. The fourth-order valence-corrected chi connectivity index (χ4v) is 2.56. The van der Waals surface area contributed by atoms with Crippen molar-refractivity contribution in [1.29, 1.82) is 0 Å². The summed E-state index contributed by atoms with van der Waals surface area (Å²) in [7, 11) is 0. The fraction of sp³-hybridized carbons (Fsp3) is 0.312. The van der Waals surface area contributed by atoms with Crippen LogP contribution in [0, 0.1) is 0 Å². The number of hydrogen-bond donors (Lipinski definition) is 1. The van der Waals surface area contributed by atoms with Crippen LogP contribution in [0.2, 0.25) is 0 Å². The Bertz CT molecular complexity index is 682. The number of likely N-dealkylation sites (tertiary alicyclic amines) is 1. The summed E-state index contributed by atoms with van der Waals surface area (Å²) in [4.78, 5) is 22.2. The van der Waals surface area contributed by atoms with Crippen molar-refractivity contribution in [2.75, 3.05) is 18.4 Å². The molecule has 1 amide bonds. The number of anilines is 1. The van der Waals surface area contributed by atoms with Crippen LogP contribution in [-0.2, 0) is 0 Å². The van der Waals surface area contributed by atoms with Crippen molar-refractivity contribution in [1.82, 2.24) is 14.9 Å². The number of pyridine rings is 2. The topological polar surface area (TPSA) is 67.4 Å². The van der Waals surface area contributed by atoms with E-state index in [1.165, 1.54) is 12.3 Å². The largest absolute Gasteiger partial charge is 0.433 e. The molecule has 3 rings (SSSR count). The molecule has 0 spiro atoms. The zero-order valence-corrected chi connectivity index (χ0v) is 12.7. The molecular weight excluding hydrogens is 318 g/mol. The van der Waals surface area contributed by atoms with Crippen LogP contribution in [0.5, 0.6) is 5.75 Å². The van der Waals surface area contributed by atoms with Gasteiger partial charge in [0.15, 0.2) is 0 Å². The first-order chi connectivity index (χ1) is 11.6. The standard InChI is InChI=1S/C16H16F2N4O2/c17-16(18)24-12-4-5-14(20-9-12)21-11-6-8-22(10-11)15(23)13-3-1-2-7-19-13/h1-5,7,9,11,16H,6,8,10H2,(H,20,21)/t11-/m0/s1. The van der Waals surface area contributed by atoms with Crippen molar-refractivity contribution in [3.05, 3.63) is 48.4 Å². The third kappa shape index (κ3) is 3.95. The molecule has 1 fully saturated rings. The summed E-state index contributed by atoms with van der Waals surface area (Å²) in [5, 5.41) is 3.19. The second kappa shape index (κ2) is 7.20. The number of ether oxygens (including phenoxy) is 1. The molecule has 3 heterocycles. The summed E-state index contributed by atoms with van der Waals surface area (Å²) < 4.78 is 28.5. The van der Waals surface area contributed by atoms with Crippen LogP contribution < -0.4 is 10.1 Å². The van der Waals surface area contributed by atoms with E-state index >= 15 is 0 Å². The van der Waals surface area contributed by atoms with E-state index in [9.17, 15) is 13.6 Å². The number of carbonyl (C=O) groups is 1. The molecule has 1 atom stereocenters. The van der Waals surface area contributed by atoms with Gasteiger partial charge in [0.25, 0.3) is 5.91 Å². The molecule has 1 aliphatic heterocycles. The average molecular weight is 334 g/mol. The summed E-state index contributed by atoms with van der Waals surface area (Å²) >= 11 is 0. The minimum Gasteiger partial charge on any atom is -0.433 e. The van der Waals surface area contributed by atoms with Gasteiger partial charge in [0.05, 0.1) is 6.20 Å². The molecular formula is C16H16F2N4O2. The maximum Gasteiger partial charge on any atom is 0.387 e. The number of nitrogens with zero attached hydrogens (tertiary/aromatic N) is 3. The number of carbonyl (C=O) groups excluding carboxylic acids is 1. The minimum atomic E-state index is -2.87. The SMILES string of the molecule is O=C(c1ccccn1)N1CC[C@H](Nc2ccc(OC(F)F)cn2)C1. The first-order valence-electron chi connectivity index (χ1n) is 7.49. The van der Waals surface area contributed by atoms with E-state index < -0.39 is 6.61 Å². The molecule has 1 saturated heterocycles. The Hall–Kier alpha value is -2.77. The molecule has 0 radical (unpaired) electrons. The van der Waals surface area contributed by atoms with Gasteiger partial charge in [-0.05, 0) is 30.7 Å². The van der Waals surface area contributed by atoms with Crippen LogP contribution in [0.4, 0.5) is 14.6 Å². The van der Waals surface area contributed by atoms with Crippen molar-refractivity contribution in [2.24, 2.45) is 0 Å². The number of amides is 1. The number of rotatable bonds is 5. The normalized spacial score (nSPS) is 17.1. The van der Waals surface area contributed by atoms with E-state index in [2.05, 4.69) is 20.0 Å². The quantitative estimate of drug-likeness (QED) is 0.909. The number of aromatic nitrogens is 2. The highest BCUT2D eigenvalue weighted by molar-refractivity contribution is 5.92. The van der Waals surface area contributed by atoms with Gasteiger partial charge in [0.2, 0.25) is 0 Å². The number of halogens is 2. The van der Waals surface area contributed by atoms with Crippen LogP contribution in [-0.4, -0.2) is 46.5 Å². The highest BCUT2D eigenvalue weighted by Crippen LogP contribution is 2.19. The summed E-state index contributed by atoms with van der Waals surface area (Å²) in [6, 6.07) is 8.27. The molecule has 0 unspecified atom stereocenters. The Morgan fingerprint density at radius 2 is 2.17 bits per heavy atom. The molecule has 0 aromatic carbocycles. The molecule has 8 heteroatoms.